The van der Waals surface area contributed by atoms with Crippen LogP contribution in [0.4, 0.5) is 4.39 Å². The predicted molar refractivity (Wildman–Crippen MR) is 87.1 cm³/mol. The molecule has 0 aliphatic heterocycles. The lowest BCUT2D eigenvalue weighted by Crippen LogP contribution is -2.33. The summed E-state index contributed by atoms with van der Waals surface area (Å²) in [6.45, 7) is 5.27. The monoisotopic (exact) mass is 285 g/mol. The molecule has 2 aromatic carbocycles. The topological polar surface area (TPSA) is 12.0 Å². The van der Waals surface area contributed by atoms with Crippen molar-refractivity contribution in [2.45, 2.75) is 39.2 Å². The highest BCUT2D eigenvalue weighted by molar-refractivity contribution is 5.24. The average Bonchev–Trinajstić information content (AvgIpc) is 2.45. The number of rotatable bonds is 7. The van der Waals surface area contributed by atoms with Crippen molar-refractivity contribution >= 4 is 0 Å². The molecule has 112 valence electrons. The van der Waals surface area contributed by atoms with E-state index in [0.29, 0.717) is 6.04 Å². The highest BCUT2D eigenvalue weighted by atomic mass is 19.1. The maximum atomic E-state index is 13.3. The van der Waals surface area contributed by atoms with E-state index in [-0.39, 0.29) is 5.82 Å². The molecule has 0 saturated heterocycles. The van der Waals surface area contributed by atoms with Crippen molar-refractivity contribution in [1.29, 1.82) is 0 Å². The number of halogens is 1. The molecule has 1 nitrogen and oxygen atoms in total. The summed E-state index contributed by atoms with van der Waals surface area (Å²) >= 11 is 0. The molecule has 0 radical (unpaired) electrons. The zero-order chi connectivity index (χ0) is 15.1. The highest BCUT2D eigenvalue weighted by Gasteiger charge is 2.10. The normalized spacial score (nSPS) is 12.3. The van der Waals surface area contributed by atoms with Gasteiger partial charge in [0.1, 0.15) is 5.82 Å². The second-order valence-electron chi connectivity index (χ2n) is 5.68. The first-order valence-electron chi connectivity index (χ1n) is 7.70. The molecule has 1 unspecified atom stereocenters. The third kappa shape index (κ3) is 5.31. The molecule has 1 N–H and O–H groups in total. The average molecular weight is 285 g/mol. The van der Waals surface area contributed by atoms with Crippen LogP contribution in [-0.4, -0.2) is 12.6 Å². The van der Waals surface area contributed by atoms with Crippen LogP contribution in [0.3, 0.4) is 0 Å². The molecule has 2 heteroatoms. The zero-order valence-electron chi connectivity index (χ0n) is 12.9. The molecule has 21 heavy (non-hydrogen) atoms. The molecule has 0 saturated carbocycles. The van der Waals surface area contributed by atoms with E-state index in [2.05, 4.69) is 43.4 Å². The minimum absolute atomic E-state index is 0.155. The lowest BCUT2D eigenvalue weighted by Gasteiger charge is -2.19. The van der Waals surface area contributed by atoms with Crippen molar-refractivity contribution in [3.8, 4) is 0 Å². The van der Waals surface area contributed by atoms with E-state index in [1.165, 1.54) is 17.2 Å². The van der Waals surface area contributed by atoms with E-state index in [1.807, 2.05) is 6.07 Å². The van der Waals surface area contributed by atoms with Gasteiger partial charge >= 0.3 is 0 Å². The van der Waals surface area contributed by atoms with Gasteiger partial charge in [-0.1, -0.05) is 48.9 Å². The minimum Gasteiger partial charge on any atom is -0.313 e. The van der Waals surface area contributed by atoms with Crippen LogP contribution < -0.4 is 5.32 Å². The predicted octanol–water partition coefficient (Wildman–Crippen LogP) is 4.29. The fraction of sp³-hybridized carbons (Fsp3) is 0.368. The second kappa shape index (κ2) is 7.94. The molecule has 0 spiro atoms. The van der Waals surface area contributed by atoms with Crippen molar-refractivity contribution < 1.29 is 4.39 Å². The summed E-state index contributed by atoms with van der Waals surface area (Å²) in [6.07, 6.45) is 2.93. The van der Waals surface area contributed by atoms with Gasteiger partial charge in [-0.2, -0.15) is 0 Å². The zero-order valence-corrected chi connectivity index (χ0v) is 12.9. The fourth-order valence-corrected chi connectivity index (χ4v) is 2.64. The Balaban J connectivity index is 2.06. The Kier molecular flexibility index (Phi) is 5.94. The summed E-state index contributed by atoms with van der Waals surface area (Å²) in [4.78, 5) is 0. The molecule has 0 amide bonds. The number of nitrogens with one attached hydrogen (secondary N) is 1. The third-order valence-electron chi connectivity index (χ3n) is 3.62. The molecule has 2 rings (SSSR count). The molecule has 1 atom stereocenters. The molecule has 0 heterocycles. The van der Waals surface area contributed by atoms with E-state index in [4.69, 9.17) is 0 Å². The maximum Gasteiger partial charge on any atom is 0.123 e. The van der Waals surface area contributed by atoms with Crippen LogP contribution in [0.1, 0.15) is 30.0 Å². The van der Waals surface area contributed by atoms with E-state index < -0.39 is 0 Å². The van der Waals surface area contributed by atoms with Crippen molar-refractivity contribution in [2.75, 3.05) is 6.54 Å². The van der Waals surface area contributed by atoms with Gasteiger partial charge in [0.25, 0.3) is 0 Å². The van der Waals surface area contributed by atoms with Gasteiger partial charge in [0.05, 0.1) is 0 Å². The molecule has 0 fully saturated rings. The quantitative estimate of drug-likeness (QED) is 0.800. The SMILES string of the molecule is CCCNC(Cc1cccc(C)c1)Cc1cccc(F)c1. The number of hydrogen-bond acceptors (Lipinski definition) is 1. The standard InChI is InChI=1S/C19H24FN/c1-3-10-21-19(13-16-7-4-6-15(2)11-16)14-17-8-5-9-18(20)12-17/h4-9,11-12,19,21H,3,10,13-14H2,1-2H3. The molecular weight excluding hydrogens is 261 g/mol. The smallest absolute Gasteiger partial charge is 0.123 e. The first kappa shape index (κ1) is 15.7. The van der Waals surface area contributed by atoms with Gasteiger partial charge in [0, 0.05) is 6.04 Å². The number of aryl methyl sites for hydroxylation is 1. The maximum absolute atomic E-state index is 13.3. The van der Waals surface area contributed by atoms with E-state index in [1.54, 1.807) is 12.1 Å². The van der Waals surface area contributed by atoms with E-state index in [9.17, 15) is 4.39 Å². The van der Waals surface area contributed by atoms with E-state index >= 15 is 0 Å². The molecule has 0 bridgehead atoms. The summed E-state index contributed by atoms with van der Waals surface area (Å²) in [5, 5.41) is 3.58. The first-order chi connectivity index (χ1) is 10.2. The Morgan fingerprint density at radius 3 is 2.29 bits per heavy atom. The summed E-state index contributed by atoms with van der Waals surface area (Å²) in [7, 11) is 0. The van der Waals surface area contributed by atoms with Crippen molar-refractivity contribution in [2.24, 2.45) is 0 Å². The van der Waals surface area contributed by atoms with Gasteiger partial charge in [-0.3, -0.25) is 0 Å². The highest BCUT2D eigenvalue weighted by Crippen LogP contribution is 2.12. The second-order valence-corrected chi connectivity index (χ2v) is 5.68. The molecule has 0 aliphatic rings. The summed E-state index contributed by atoms with van der Waals surface area (Å²) in [5.74, 6) is -0.155. The van der Waals surface area contributed by atoms with Crippen LogP contribution in [0.15, 0.2) is 48.5 Å². The van der Waals surface area contributed by atoms with E-state index in [0.717, 1.165) is 31.4 Å². The summed E-state index contributed by atoms with van der Waals surface area (Å²) < 4.78 is 13.3. The Morgan fingerprint density at radius 2 is 1.67 bits per heavy atom. The molecule has 0 aliphatic carbocycles. The van der Waals surface area contributed by atoms with Crippen LogP contribution >= 0.6 is 0 Å². The Morgan fingerprint density at radius 1 is 1.00 bits per heavy atom. The van der Waals surface area contributed by atoms with Crippen LogP contribution in [0, 0.1) is 12.7 Å². The fourth-order valence-electron chi connectivity index (χ4n) is 2.64. The van der Waals surface area contributed by atoms with Gasteiger partial charge in [-0.15, -0.1) is 0 Å². The van der Waals surface area contributed by atoms with Gasteiger partial charge in [0.15, 0.2) is 0 Å². The van der Waals surface area contributed by atoms with Gasteiger partial charge in [-0.05, 0) is 56.0 Å². The van der Waals surface area contributed by atoms with Crippen LogP contribution in [0.25, 0.3) is 0 Å². The van der Waals surface area contributed by atoms with Crippen molar-refractivity contribution in [3.05, 3.63) is 71.0 Å². The molecule has 0 aromatic heterocycles. The Labute approximate surface area is 127 Å². The summed E-state index contributed by atoms with van der Waals surface area (Å²) in [6, 6.07) is 15.9. The van der Waals surface area contributed by atoms with Crippen molar-refractivity contribution in [3.63, 3.8) is 0 Å². The van der Waals surface area contributed by atoms with Crippen LogP contribution in [0.2, 0.25) is 0 Å². The lowest BCUT2D eigenvalue weighted by molar-refractivity contribution is 0.503. The largest absolute Gasteiger partial charge is 0.313 e. The van der Waals surface area contributed by atoms with Crippen LogP contribution in [0.5, 0.6) is 0 Å². The van der Waals surface area contributed by atoms with Gasteiger partial charge in [-0.25, -0.2) is 4.39 Å². The number of hydrogen-bond donors (Lipinski definition) is 1. The lowest BCUT2D eigenvalue weighted by atomic mass is 9.98. The molecule has 2 aromatic rings. The molecular formula is C19H24FN. The Bertz CT molecular complexity index is 517. The minimum atomic E-state index is -0.155. The Hall–Kier alpha value is -1.67. The van der Waals surface area contributed by atoms with Crippen molar-refractivity contribution in [1.82, 2.24) is 5.32 Å². The van der Waals surface area contributed by atoms with Crippen LogP contribution in [-0.2, 0) is 12.8 Å². The third-order valence-corrected chi connectivity index (χ3v) is 3.62. The first-order valence-corrected chi connectivity index (χ1v) is 7.70. The van der Waals surface area contributed by atoms with Gasteiger partial charge < -0.3 is 5.32 Å². The summed E-state index contributed by atoms with van der Waals surface area (Å²) in [5.41, 5.74) is 3.67. The van der Waals surface area contributed by atoms with Gasteiger partial charge in [0.2, 0.25) is 0 Å². The number of benzene rings is 2.